The predicted octanol–water partition coefficient (Wildman–Crippen LogP) is 2.45. The molecule has 1 unspecified atom stereocenters. The molecule has 0 aliphatic carbocycles. The van der Waals surface area contributed by atoms with Crippen molar-refractivity contribution in [3.8, 4) is 5.75 Å². The van der Waals surface area contributed by atoms with E-state index in [1.807, 2.05) is 6.07 Å². The molecule has 1 saturated heterocycles. The molecule has 1 aliphatic heterocycles. The third kappa shape index (κ3) is 3.47. The van der Waals surface area contributed by atoms with Crippen molar-refractivity contribution in [2.24, 2.45) is 0 Å². The van der Waals surface area contributed by atoms with E-state index in [-0.39, 0.29) is 11.6 Å². The molecule has 18 heavy (non-hydrogen) atoms. The van der Waals surface area contributed by atoms with Crippen LogP contribution in [0, 0.1) is 13.8 Å². The van der Waals surface area contributed by atoms with Gasteiger partial charge < -0.3 is 14.8 Å². The van der Waals surface area contributed by atoms with E-state index < -0.39 is 0 Å². The highest BCUT2D eigenvalue weighted by molar-refractivity contribution is 5.35. The van der Waals surface area contributed by atoms with Gasteiger partial charge in [0, 0.05) is 5.54 Å². The summed E-state index contributed by atoms with van der Waals surface area (Å²) in [6.45, 7) is 10.6. The smallest absolute Gasteiger partial charge is 0.122 e. The van der Waals surface area contributed by atoms with E-state index in [0.29, 0.717) is 13.2 Å². The molecule has 0 spiro atoms. The fourth-order valence-corrected chi connectivity index (χ4v) is 2.33. The Labute approximate surface area is 109 Å². The molecule has 1 fully saturated rings. The molecule has 1 heterocycles. The zero-order valence-electron chi connectivity index (χ0n) is 11.7. The van der Waals surface area contributed by atoms with Crippen LogP contribution in [0.25, 0.3) is 0 Å². The average Bonchev–Trinajstić information content (AvgIpc) is 2.26. The van der Waals surface area contributed by atoms with Gasteiger partial charge in [-0.3, -0.25) is 0 Å². The fourth-order valence-electron chi connectivity index (χ4n) is 2.33. The van der Waals surface area contributed by atoms with Gasteiger partial charge in [0.1, 0.15) is 12.4 Å². The second-order valence-electron chi connectivity index (χ2n) is 5.82. The maximum Gasteiger partial charge on any atom is 0.122 e. The Balaban J connectivity index is 1.91. The predicted molar refractivity (Wildman–Crippen MR) is 73.2 cm³/mol. The van der Waals surface area contributed by atoms with E-state index in [1.165, 1.54) is 11.1 Å². The van der Waals surface area contributed by atoms with Crippen LogP contribution in [-0.4, -0.2) is 31.4 Å². The Kier molecular flexibility index (Phi) is 3.93. The van der Waals surface area contributed by atoms with Crippen molar-refractivity contribution in [1.82, 2.24) is 5.32 Å². The van der Waals surface area contributed by atoms with Crippen LogP contribution in [0.15, 0.2) is 18.2 Å². The first kappa shape index (κ1) is 13.4. The highest BCUT2D eigenvalue weighted by Crippen LogP contribution is 2.19. The lowest BCUT2D eigenvalue weighted by atomic mass is 10.0. The quantitative estimate of drug-likeness (QED) is 0.892. The lowest BCUT2D eigenvalue weighted by Gasteiger charge is -2.36. The topological polar surface area (TPSA) is 30.5 Å². The molecule has 3 heteroatoms. The summed E-state index contributed by atoms with van der Waals surface area (Å²) in [6, 6.07) is 6.52. The molecular weight excluding hydrogens is 226 g/mol. The third-order valence-corrected chi connectivity index (χ3v) is 3.15. The monoisotopic (exact) mass is 249 g/mol. The minimum atomic E-state index is 0.0363. The van der Waals surface area contributed by atoms with Crippen molar-refractivity contribution in [2.75, 3.05) is 19.8 Å². The molecule has 2 rings (SSSR count). The minimum Gasteiger partial charge on any atom is -0.492 e. The summed E-state index contributed by atoms with van der Waals surface area (Å²) in [5.74, 6) is 0.964. The van der Waals surface area contributed by atoms with E-state index in [9.17, 15) is 0 Å². The molecule has 1 N–H and O–H groups in total. The van der Waals surface area contributed by atoms with Crippen molar-refractivity contribution in [1.29, 1.82) is 0 Å². The van der Waals surface area contributed by atoms with E-state index in [2.05, 4.69) is 45.1 Å². The molecule has 0 bridgehead atoms. The highest BCUT2D eigenvalue weighted by Gasteiger charge is 2.27. The van der Waals surface area contributed by atoms with Crippen LogP contribution in [-0.2, 0) is 4.74 Å². The highest BCUT2D eigenvalue weighted by atomic mass is 16.5. The summed E-state index contributed by atoms with van der Waals surface area (Å²) < 4.78 is 11.5. The zero-order chi connectivity index (χ0) is 13.2. The standard InChI is InChI=1S/C15H23NO2/c1-11-5-6-14(12(2)7-11)18-9-13-8-17-10-15(3,4)16-13/h5-7,13,16H,8-10H2,1-4H3. The van der Waals surface area contributed by atoms with Crippen molar-refractivity contribution in [2.45, 2.75) is 39.3 Å². The lowest BCUT2D eigenvalue weighted by molar-refractivity contribution is 0.000884. The summed E-state index contributed by atoms with van der Waals surface area (Å²) in [7, 11) is 0. The molecule has 1 atom stereocenters. The normalized spacial score (nSPS) is 22.8. The Bertz CT molecular complexity index is 415. The molecule has 0 amide bonds. The van der Waals surface area contributed by atoms with Gasteiger partial charge in [-0.1, -0.05) is 17.7 Å². The number of aryl methyl sites for hydroxylation is 2. The number of nitrogens with one attached hydrogen (secondary N) is 1. The zero-order valence-corrected chi connectivity index (χ0v) is 11.7. The van der Waals surface area contributed by atoms with E-state index in [4.69, 9.17) is 9.47 Å². The van der Waals surface area contributed by atoms with Crippen molar-refractivity contribution < 1.29 is 9.47 Å². The van der Waals surface area contributed by atoms with Crippen LogP contribution >= 0.6 is 0 Å². The van der Waals surface area contributed by atoms with Gasteiger partial charge in [-0.25, -0.2) is 0 Å². The molecular formula is C15H23NO2. The second-order valence-corrected chi connectivity index (χ2v) is 5.82. The first-order chi connectivity index (χ1) is 8.46. The summed E-state index contributed by atoms with van der Waals surface area (Å²) in [5, 5.41) is 3.54. The van der Waals surface area contributed by atoms with Crippen LogP contribution in [0.5, 0.6) is 5.75 Å². The molecule has 0 saturated carbocycles. The molecule has 1 aromatic carbocycles. The van der Waals surface area contributed by atoms with Gasteiger partial charge >= 0.3 is 0 Å². The maximum atomic E-state index is 5.88. The van der Waals surface area contributed by atoms with Gasteiger partial charge in [-0.2, -0.15) is 0 Å². The second kappa shape index (κ2) is 5.29. The van der Waals surface area contributed by atoms with E-state index in [1.54, 1.807) is 0 Å². The fraction of sp³-hybridized carbons (Fsp3) is 0.600. The lowest BCUT2D eigenvalue weighted by Crippen LogP contribution is -2.57. The Morgan fingerprint density at radius 2 is 2.17 bits per heavy atom. The Morgan fingerprint density at radius 3 is 2.83 bits per heavy atom. The largest absolute Gasteiger partial charge is 0.492 e. The number of ether oxygens (including phenoxy) is 2. The first-order valence-electron chi connectivity index (χ1n) is 6.52. The van der Waals surface area contributed by atoms with Crippen LogP contribution in [0.2, 0.25) is 0 Å². The van der Waals surface area contributed by atoms with Gasteiger partial charge in [0.05, 0.1) is 19.3 Å². The minimum absolute atomic E-state index is 0.0363. The van der Waals surface area contributed by atoms with Crippen LogP contribution in [0.4, 0.5) is 0 Å². The molecule has 1 aromatic rings. The molecule has 100 valence electrons. The number of hydrogen-bond donors (Lipinski definition) is 1. The Hall–Kier alpha value is -1.06. The van der Waals surface area contributed by atoms with Gasteiger partial charge in [0.15, 0.2) is 0 Å². The SMILES string of the molecule is Cc1ccc(OCC2COCC(C)(C)N2)c(C)c1. The third-order valence-electron chi connectivity index (χ3n) is 3.15. The van der Waals surface area contributed by atoms with E-state index >= 15 is 0 Å². The first-order valence-corrected chi connectivity index (χ1v) is 6.52. The molecule has 0 aromatic heterocycles. The van der Waals surface area contributed by atoms with Gasteiger partial charge in [0.2, 0.25) is 0 Å². The van der Waals surface area contributed by atoms with Crippen molar-refractivity contribution >= 4 is 0 Å². The summed E-state index contributed by atoms with van der Waals surface area (Å²) >= 11 is 0. The van der Waals surface area contributed by atoms with Gasteiger partial charge in [-0.05, 0) is 39.3 Å². The van der Waals surface area contributed by atoms with Crippen molar-refractivity contribution in [3.05, 3.63) is 29.3 Å². The molecule has 0 radical (unpaired) electrons. The average molecular weight is 249 g/mol. The van der Waals surface area contributed by atoms with Crippen molar-refractivity contribution in [3.63, 3.8) is 0 Å². The molecule has 3 nitrogen and oxygen atoms in total. The number of hydrogen-bond acceptors (Lipinski definition) is 3. The van der Waals surface area contributed by atoms with Crippen LogP contribution in [0.1, 0.15) is 25.0 Å². The van der Waals surface area contributed by atoms with Gasteiger partial charge in [0.25, 0.3) is 0 Å². The molecule has 1 aliphatic rings. The van der Waals surface area contributed by atoms with Crippen LogP contribution in [0.3, 0.4) is 0 Å². The van der Waals surface area contributed by atoms with Gasteiger partial charge in [-0.15, -0.1) is 0 Å². The summed E-state index contributed by atoms with van der Waals surface area (Å²) in [4.78, 5) is 0. The Morgan fingerprint density at radius 1 is 1.39 bits per heavy atom. The maximum absolute atomic E-state index is 5.88. The summed E-state index contributed by atoms with van der Waals surface area (Å²) in [6.07, 6.45) is 0. The number of rotatable bonds is 3. The summed E-state index contributed by atoms with van der Waals surface area (Å²) in [5.41, 5.74) is 2.49. The van der Waals surface area contributed by atoms with E-state index in [0.717, 1.165) is 12.4 Å². The number of morpholine rings is 1. The van der Waals surface area contributed by atoms with Crippen LogP contribution < -0.4 is 10.1 Å². The number of benzene rings is 1.